The van der Waals surface area contributed by atoms with E-state index in [1.165, 1.54) is 13.8 Å². The van der Waals surface area contributed by atoms with Gasteiger partial charge >= 0.3 is 0 Å². The molecule has 0 aromatic carbocycles. The SMILES string of the molecule is CCS(=O)(=O)OCCCNCCCOS(=O)(=O)CC.Cl. The molecule has 0 aliphatic heterocycles. The molecule has 20 heavy (non-hydrogen) atoms. The van der Waals surface area contributed by atoms with Gasteiger partial charge in [-0.25, -0.2) is 0 Å². The highest BCUT2D eigenvalue weighted by molar-refractivity contribution is 7.86. The van der Waals surface area contributed by atoms with Gasteiger partial charge in [0.25, 0.3) is 20.2 Å². The minimum atomic E-state index is -3.35. The second kappa shape index (κ2) is 11.7. The van der Waals surface area contributed by atoms with Crippen LogP contribution in [-0.4, -0.2) is 54.6 Å². The first-order valence-electron chi connectivity index (χ1n) is 6.28. The van der Waals surface area contributed by atoms with Crippen molar-refractivity contribution in [2.24, 2.45) is 0 Å². The van der Waals surface area contributed by atoms with Gasteiger partial charge in [-0.05, 0) is 39.8 Å². The Bertz CT molecular complexity index is 383. The molecule has 0 saturated heterocycles. The molecule has 0 rings (SSSR count). The zero-order valence-electron chi connectivity index (χ0n) is 11.8. The number of halogens is 1. The van der Waals surface area contributed by atoms with Gasteiger partial charge in [0.1, 0.15) is 0 Å². The smallest absolute Gasteiger partial charge is 0.267 e. The van der Waals surface area contributed by atoms with E-state index in [0.29, 0.717) is 25.9 Å². The molecule has 0 fully saturated rings. The molecule has 0 aromatic heterocycles. The van der Waals surface area contributed by atoms with E-state index in [1.807, 2.05) is 0 Å². The molecule has 0 aliphatic carbocycles. The van der Waals surface area contributed by atoms with Gasteiger partial charge in [-0.15, -0.1) is 12.4 Å². The van der Waals surface area contributed by atoms with Crippen LogP contribution in [0.3, 0.4) is 0 Å². The largest absolute Gasteiger partial charge is 0.317 e. The van der Waals surface area contributed by atoms with E-state index in [9.17, 15) is 16.8 Å². The maximum atomic E-state index is 11.0. The Labute approximate surface area is 128 Å². The summed E-state index contributed by atoms with van der Waals surface area (Å²) in [5.74, 6) is -0.0483. The molecule has 10 heteroatoms. The number of nitrogens with one attached hydrogen (secondary N) is 1. The maximum Gasteiger partial charge on any atom is 0.267 e. The van der Waals surface area contributed by atoms with Crippen LogP contribution in [0, 0.1) is 0 Å². The fourth-order valence-electron chi connectivity index (χ4n) is 1.06. The van der Waals surface area contributed by atoms with Crippen LogP contribution in [0.1, 0.15) is 26.7 Å². The molecule has 0 amide bonds. The van der Waals surface area contributed by atoms with Crippen molar-refractivity contribution in [1.29, 1.82) is 0 Å². The quantitative estimate of drug-likeness (QED) is 0.403. The summed E-state index contributed by atoms with van der Waals surface area (Å²) < 4.78 is 53.3. The van der Waals surface area contributed by atoms with Crippen molar-refractivity contribution in [2.75, 3.05) is 37.8 Å². The van der Waals surface area contributed by atoms with E-state index in [4.69, 9.17) is 8.37 Å². The van der Waals surface area contributed by atoms with Crippen LogP contribution < -0.4 is 5.32 Å². The Morgan fingerprint density at radius 2 is 1.15 bits per heavy atom. The zero-order valence-corrected chi connectivity index (χ0v) is 14.3. The van der Waals surface area contributed by atoms with Crippen molar-refractivity contribution in [3.63, 3.8) is 0 Å². The third-order valence-electron chi connectivity index (χ3n) is 2.23. The zero-order chi connectivity index (χ0) is 14.8. The van der Waals surface area contributed by atoms with Crippen molar-refractivity contribution in [3.8, 4) is 0 Å². The van der Waals surface area contributed by atoms with E-state index >= 15 is 0 Å². The molecular weight excluding hydrogens is 330 g/mol. The first-order chi connectivity index (χ1) is 8.83. The predicted molar refractivity (Wildman–Crippen MR) is 80.2 cm³/mol. The molecule has 124 valence electrons. The Kier molecular flexibility index (Phi) is 13.1. The fraction of sp³-hybridized carbons (Fsp3) is 1.00. The first-order valence-corrected chi connectivity index (χ1v) is 9.43. The van der Waals surface area contributed by atoms with E-state index in [2.05, 4.69) is 5.32 Å². The van der Waals surface area contributed by atoms with Crippen molar-refractivity contribution >= 4 is 32.6 Å². The topological polar surface area (TPSA) is 98.8 Å². The van der Waals surface area contributed by atoms with E-state index < -0.39 is 20.2 Å². The summed E-state index contributed by atoms with van der Waals surface area (Å²) in [5.41, 5.74) is 0. The van der Waals surface area contributed by atoms with Crippen LogP contribution in [0.25, 0.3) is 0 Å². The average molecular weight is 354 g/mol. The molecule has 0 spiro atoms. The lowest BCUT2D eigenvalue weighted by Crippen LogP contribution is -2.21. The molecule has 0 radical (unpaired) electrons. The van der Waals surface area contributed by atoms with Gasteiger partial charge in [0.15, 0.2) is 0 Å². The molecule has 1 N–H and O–H groups in total. The van der Waals surface area contributed by atoms with Crippen molar-refractivity contribution in [1.82, 2.24) is 5.32 Å². The van der Waals surface area contributed by atoms with E-state index in [1.54, 1.807) is 0 Å². The van der Waals surface area contributed by atoms with Crippen LogP contribution in [-0.2, 0) is 28.6 Å². The van der Waals surface area contributed by atoms with Crippen LogP contribution in [0.4, 0.5) is 0 Å². The summed E-state index contributed by atoms with van der Waals surface area (Å²) in [4.78, 5) is 0. The summed E-state index contributed by atoms with van der Waals surface area (Å²) in [7, 11) is -6.71. The number of hydrogen-bond acceptors (Lipinski definition) is 7. The molecule has 0 bridgehead atoms. The molecule has 0 aliphatic rings. The van der Waals surface area contributed by atoms with E-state index in [0.717, 1.165) is 0 Å². The Morgan fingerprint density at radius 1 is 0.800 bits per heavy atom. The molecule has 0 saturated carbocycles. The minimum absolute atomic E-state index is 0. The normalized spacial score (nSPS) is 12.1. The van der Waals surface area contributed by atoms with Crippen molar-refractivity contribution in [3.05, 3.63) is 0 Å². The van der Waals surface area contributed by atoms with Gasteiger partial charge in [0, 0.05) is 0 Å². The highest BCUT2D eigenvalue weighted by Crippen LogP contribution is 1.95. The lowest BCUT2D eigenvalue weighted by Gasteiger charge is -2.06. The molecule has 0 heterocycles. The molecular formula is C10H24ClNO6S2. The van der Waals surface area contributed by atoms with Crippen molar-refractivity contribution in [2.45, 2.75) is 26.7 Å². The lowest BCUT2D eigenvalue weighted by molar-refractivity contribution is 0.301. The van der Waals surface area contributed by atoms with Gasteiger partial charge in [-0.2, -0.15) is 16.8 Å². The van der Waals surface area contributed by atoms with Gasteiger partial charge in [0.2, 0.25) is 0 Å². The molecule has 0 unspecified atom stereocenters. The summed E-state index contributed by atoms with van der Waals surface area (Å²) in [6.07, 6.45) is 1.15. The monoisotopic (exact) mass is 353 g/mol. The molecule has 7 nitrogen and oxygen atoms in total. The second-order valence-electron chi connectivity index (χ2n) is 3.79. The first kappa shape index (κ1) is 22.4. The third-order valence-corrected chi connectivity index (χ3v) is 4.69. The van der Waals surface area contributed by atoms with Crippen LogP contribution in [0.5, 0.6) is 0 Å². The maximum absolute atomic E-state index is 11.0. The summed E-state index contributed by atoms with van der Waals surface area (Å²) in [6.45, 7) is 4.59. The summed E-state index contributed by atoms with van der Waals surface area (Å²) in [6, 6.07) is 0. The Morgan fingerprint density at radius 3 is 1.45 bits per heavy atom. The summed E-state index contributed by atoms with van der Waals surface area (Å²) in [5, 5.41) is 3.04. The van der Waals surface area contributed by atoms with Crippen LogP contribution >= 0.6 is 12.4 Å². The van der Waals surface area contributed by atoms with E-state index in [-0.39, 0.29) is 37.1 Å². The molecule has 0 atom stereocenters. The van der Waals surface area contributed by atoms with Crippen LogP contribution in [0.15, 0.2) is 0 Å². The average Bonchev–Trinajstić information content (AvgIpc) is 2.36. The highest BCUT2D eigenvalue weighted by atomic mass is 35.5. The van der Waals surface area contributed by atoms with Gasteiger partial charge < -0.3 is 5.32 Å². The van der Waals surface area contributed by atoms with Crippen LogP contribution in [0.2, 0.25) is 0 Å². The van der Waals surface area contributed by atoms with Gasteiger partial charge in [-0.3, -0.25) is 8.37 Å². The number of hydrogen-bond donors (Lipinski definition) is 1. The highest BCUT2D eigenvalue weighted by Gasteiger charge is 2.07. The number of rotatable bonds is 12. The fourth-order valence-corrected chi connectivity index (χ4v) is 2.13. The predicted octanol–water partition coefficient (Wildman–Crippen LogP) is 0.511. The summed E-state index contributed by atoms with van der Waals surface area (Å²) >= 11 is 0. The lowest BCUT2D eigenvalue weighted by atomic mass is 10.4. The second-order valence-corrected chi connectivity index (χ2v) is 7.65. The molecule has 0 aromatic rings. The minimum Gasteiger partial charge on any atom is -0.317 e. The van der Waals surface area contributed by atoms with Gasteiger partial charge in [-0.1, -0.05) is 0 Å². The van der Waals surface area contributed by atoms with Crippen molar-refractivity contribution < 1.29 is 25.2 Å². The Balaban J connectivity index is 0. The van der Waals surface area contributed by atoms with Gasteiger partial charge in [0.05, 0.1) is 24.7 Å². The standard InChI is InChI=1S/C10H23NO6S2.ClH/c1-3-18(12,13)16-9-5-7-11-8-6-10-17-19(14,15)4-2;/h11H,3-10H2,1-2H3;1H. The Hall–Kier alpha value is 0.0700. The third kappa shape index (κ3) is 13.1.